The first-order chi connectivity index (χ1) is 8.90. The Labute approximate surface area is 115 Å². The lowest BCUT2D eigenvalue weighted by Crippen LogP contribution is -2.33. The molecule has 108 valence electrons. The molecular formula is C15H26N2O2. The fourth-order valence-corrected chi connectivity index (χ4v) is 2.15. The summed E-state index contributed by atoms with van der Waals surface area (Å²) >= 11 is 0. The highest BCUT2D eigenvalue weighted by atomic mass is 16.5. The average Bonchev–Trinajstić information content (AvgIpc) is 2.60. The normalized spacial score (nSPS) is 12.7. The fraction of sp³-hybridized carbons (Fsp3) is 0.733. The molecule has 0 bridgehead atoms. The minimum Gasteiger partial charge on any atom is -0.361 e. The summed E-state index contributed by atoms with van der Waals surface area (Å²) in [5, 5.41) is 6.90. The predicted octanol–water partition coefficient (Wildman–Crippen LogP) is 3.16. The number of amides is 1. The number of carbonyl (C=O) groups excluding carboxylic acids is 1. The van der Waals surface area contributed by atoms with Crippen molar-refractivity contribution >= 4 is 5.91 Å². The molecule has 1 rings (SSSR count). The van der Waals surface area contributed by atoms with Crippen LogP contribution in [0.1, 0.15) is 57.1 Å². The lowest BCUT2D eigenvalue weighted by molar-refractivity contribution is -0.121. The Morgan fingerprint density at radius 2 is 1.95 bits per heavy atom. The summed E-state index contributed by atoms with van der Waals surface area (Å²) in [6.07, 6.45) is 3.76. The Hall–Kier alpha value is -1.32. The molecule has 1 aromatic rings. The topological polar surface area (TPSA) is 55.1 Å². The van der Waals surface area contributed by atoms with Crippen LogP contribution in [0, 0.1) is 19.8 Å². The summed E-state index contributed by atoms with van der Waals surface area (Å²) < 4.78 is 5.06. The SMILES string of the molecule is Cc1noc(C)c1CC(=O)NC(C)CCCC(C)C. The minimum atomic E-state index is 0.0476. The second kappa shape index (κ2) is 7.31. The molecule has 0 aliphatic heterocycles. The van der Waals surface area contributed by atoms with Crippen LogP contribution in [0.4, 0.5) is 0 Å². The molecule has 0 spiro atoms. The quantitative estimate of drug-likeness (QED) is 0.824. The molecule has 4 nitrogen and oxygen atoms in total. The maximum absolute atomic E-state index is 11.9. The molecule has 0 saturated carbocycles. The van der Waals surface area contributed by atoms with Crippen LogP contribution in [0.3, 0.4) is 0 Å². The van der Waals surface area contributed by atoms with Crippen LogP contribution in [-0.2, 0) is 11.2 Å². The van der Waals surface area contributed by atoms with Gasteiger partial charge in [-0.2, -0.15) is 0 Å². The summed E-state index contributed by atoms with van der Waals surface area (Å²) in [4.78, 5) is 11.9. The van der Waals surface area contributed by atoms with E-state index >= 15 is 0 Å². The number of nitrogens with zero attached hydrogens (tertiary/aromatic N) is 1. The van der Waals surface area contributed by atoms with Gasteiger partial charge in [-0.15, -0.1) is 0 Å². The van der Waals surface area contributed by atoms with Gasteiger partial charge in [0.2, 0.25) is 5.91 Å². The second-order valence-electron chi connectivity index (χ2n) is 5.77. The highest BCUT2D eigenvalue weighted by molar-refractivity contribution is 5.79. The Morgan fingerprint density at radius 1 is 1.26 bits per heavy atom. The molecule has 0 saturated heterocycles. The minimum absolute atomic E-state index is 0.0476. The number of rotatable bonds is 7. The average molecular weight is 266 g/mol. The monoisotopic (exact) mass is 266 g/mol. The van der Waals surface area contributed by atoms with Crippen LogP contribution in [0.2, 0.25) is 0 Å². The molecule has 4 heteroatoms. The van der Waals surface area contributed by atoms with Crippen LogP contribution in [0.25, 0.3) is 0 Å². The van der Waals surface area contributed by atoms with Crippen LogP contribution in [0.15, 0.2) is 4.52 Å². The highest BCUT2D eigenvalue weighted by Gasteiger charge is 2.14. The van der Waals surface area contributed by atoms with Crippen molar-refractivity contribution in [1.29, 1.82) is 0 Å². The number of nitrogens with one attached hydrogen (secondary N) is 1. The lowest BCUT2D eigenvalue weighted by Gasteiger charge is -2.14. The van der Waals surface area contributed by atoms with Gasteiger partial charge in [0.05, 0.1) is 12.1 Å². The number of aromatic nitrogens is 1. The molecule has 0 fully saturated rings. The molecule has 0 aliphatic carbocycles. The van der Waals surface area contributed by atoms with Crippen molar-refractivity contribution in [2.45, 2.75) is 66.3 Å². The molecule has 1 N–H and O–H groups in total. The van der Waals surface area contributed by atoms with E-state index in [2.05, 4.69) is 31.2 Å². The third-order valence-corrected chi connectivity index (χ3v) is 3.34. The van der Waals surface area contributed by atoms with Crippen molar-refractivity contribution in [2.75, 3.05) is 0 Å². The van der Waals surface area contributed by atoms with Crippen LogP contribution in [0.5, 0.6) is 0 Å². The van der Waals surface area contributed by atoms with E-state index < -0.39 is 0 Å². The largest absolute Gasteiger partial charge is 0.361 e. The molecule has 1 atom stereocenters. The Kier molecular flexibility index (Phi) is 6.06. The molecule has 0 aliphatic rings. The zero-order valence-corrected chi connectivity index (χ0v) is 12.7. The van der Waals surface area contributed by atoms with Gasteiger partial charge in [0.25, 0.3) is 0 Å². The first kappa shape index (κ1) is 15.7. The number of hydrogen-bond acceptors (Lipinski definition) is 3. The van der Waals surface area contributed by atoms with E-state index in [0.717, 1.165) is 35.8 Å². The van der Waals surface area contributed by atoms with Crippen molar-refractivity contribution in [1.82, 2.24) is 10.5 Å². The molecule has 1 unspecified atom stereocenters. The van der Waals surface area contributed by atoms with Gasteiger partial charge in [-0.25, -0.2) is 0 Å². The van der Waals surface area contributed by atoms with Crippen LogP contribution >= 0.6 is 0 Å². The Bertz CT molecular complexity index is 391. The van der Waals surface area contributed by atoms with Gasteiger partial charge >= 0.3 is 0 Å². The van der Waals surface area contributed by atoms with Gasteiger partial charge in [-0.05, 0) is 33.1 Å². The zero-order valence-electron chi connectivity index (χ0n) is 12.7. The van der Waals surface area contributed by atoms with E-state index in [1.54, 1.807) is 0 Å². The predicted molar refractivity (Wildman–Crippen MR) is 76.0 cm³/mol. The van der Waals surface area contributed by atoms with E-state index in [4.69, 9.17) is 4.52 Å². The lowest BCUT2D eigenvalue weighted by atomic mass is 10.0. The van der Waals surface area contributed by atoms with Crippen LogP contribution in [-0.4, -0.2) is 17.1 Å². The van der Waals surface area contributed by atoms with Crippen molar-refractivity contribution in [3.8, 4) is 0 Å². The van der Waals surface area contributed by atoms with Crippen molar-refractivity contribution < 1.29 is 9.32 Å². The second-order valence-corrected chi connectivity index (χ2v) is 5.77. The van der Waals surface area contributed by atoms with E-state index in [1.165, 1.54) is 6.42 Å². The van der Waals surface area contributed by atoms with Crippen molar-refractivity contribution in [3.05, 3.63) is 17.0 Å². The summed E-state index contributed by atoms with van der Waals surface area (Å²) in [5.41, 5.74) is 1.71. The van der Waals surface area contributed by atoms with Gasteiger partial charge < -0.3 is 9.84 Å². The summed E-state index contributed by atoms with van der Waals surface area (Å²) in [6, 6.07) is 0.228. The maximum atomic E-state index is 11.9. The zero-order chi connectivity index (χ0) is 14.4. The maximum Gasteiger partial charge on any atom is 0.224 e. The number of aryl methyl sites for hydroxylation is 2. The van der Waals surface area contributed by atoms with Crippen LogP contribution < -0.4 is 5.32 Å². The molecule has 1 aromatic heterocycles. The van der Waals surface area contributed by atoms with Crippen molar-refractivity contribution in [2.24, 2.45) is 5.92 Å². The molecule has 1 heterocycles. The molecule has 0 aromatic carbocycles. The molecule has 1 amide bonds. The summed E-state index contributed by atoms with van der Waals surface area (Å²) in [5.74, 6) is 1.51. The first-order valence-electron chi connectivity index (χ1n) is 7.11. The third-order valence-electron chi connectivity index (χ3n) is 3.34. The first-order valence-corrected chi connectivity index (χ1v) is 7.11. The Morgan fingerprint density at radius 3 is 2.47 bits per heavy atom. The standard InChI is InChI=1S/C15H26N2O2/c1-10(2)7-6-8-11(3)16-15(18)9-14-12(4)17-19-13(14)5/h10-11H,6-9H2,1-5H3,(H,16,18). The smallest absolute Gasteiger partial charge is 0.224 e. The molecular weight excluding hydrogens is 240 g/mol. The van der Waals surface area contributed by atoms with E-state index in [-0.39, 0.29) is 11.9 Å². The third kappa shape index (κ3) is 5.45. The summed E-state index contributed by atoms with van der Waals surface area (Å²) in [7, 11) is 0. The van der Waals surface area contributed by atoms with Crippen molar-refractivity contribution in [3.63, 3.8) is 0 Å². The van der Waals surface area contributed by atoms with E-state index in [0.29, 0.717) is 6.42 Å². The number of hydrogen-bond donors (Lipinski definition) is 1. The highest BCUT2D eigenvalue weighted by Crippen LogP contribution is 2.13. The van der Waals surface area contributed by atoms with E-state index in [1.807, 2.05) is 13.8 Å². The van der Waals surface area contributed by atoms with Gasteiger partial charge in [0.15, 0.2) is 0 Å². The van der Waals surface area contributed by atoms with Gasteiger partial charge in [-0.1, -0.05) is 31.8 Å². The fourth-order valence-electron chi connectivity index (χ4n) is 2.15. The Balaban J connectivity index is 2.35. The van der Waals surface area contributed by atoms with E-state index in [9.17, 15) is 4.79 Å². The van der Waals surface area contributed by atoms with Gasteiger partial charge in [0, 0.05) is 11.6 Å². The van der Waals surface area contributed by atoms with Gasteiger partial charge in [-0.3, -0.25) is 4.79 Å². The molecule has 19 heavy (non-hydrogen) atoms. The number of carbonyl (C=O) groups is 1. The summed E-state index contributed by atoms with van der Waals surface area (Å²) in [6.45, 7) is 10.2. The molecule has 0 radical (unpaired) electrons. The van der Waals surface area contributed by atoms with Gasteiger partial charge in [0.1, 0.15) is 5.76 Å².